The number of hydrogen-bond acceptors (Lipinski definition) is 2. The fourth-order valence-corrected chi connectivity index (χ4v) is 1.50. The van der Waals surface area contributed by atoms with Crippen molar-refractivity contribution in [1.29, 1.82) is 0 Å². The zero-order valence-electron chi connectivity index (χ0n) is 8.84. The van der Waals surface area contributed by atoms with Gasteiger partial charge in [-0.05, 0) is 19.3 Å². The van der Waals surface area contributed by atoms with Gasteiger partial charge in [0.1, 0.15) is 0 Å². The lowest BCUT2D eigenvalue weighted by Crippen LogP contribution is -2.40. The van der Waals surface area contributed by atoms with E-state index in [1.807, 2.05) is 6.92 Å². The summed E-state index contributed by atoms with van der Waals surface area (Å²) in [6, 6.07) is 0.204. The van der Waals surface area contributed by atoms with Gasteiger partial charge < -0.3 is 10.5 Å². The Morgan fingerprint density at radius 2 is 1.83 bits per heavy atom. The van der Waals surface area contributed by atoms with Crippen LogP contribution in [-0.4, -0.2) is 18.8 Å². The van der Waals surface area contributed by atoms with Crippen LogP contribution in [-0.2, 0) is 4.74 Å². The molecule has 12 heavy (non-hydrogen) atoms. The van der Waals surface area contributed by atoms with Crippen LogP contribution in [0.25, 0.3) is 0 Å². The Hall–Kier alpha value is -0.0800. The molecule has 0 aromatic heterocycles. The van der Waals surface area contributed by atoms with Gasteiger partial charge in [0, 0.05) is 12.6 Å². The fraction of sp³-hybridized carbons (Fsp3) is 1.00. The summed E-state index contributed by atoms with van der Waals surface area (Å²) in [5, 5.41) is 0. The quantitative estimate of drug-likeness (QED) is 0.668. The Bertz CT molecular complexity index is 104. The van der Waals surface area contributed by atoms with Gasteiger partial charge >= 0.3 is 0 Å². The molecule has 0 spiro atoms. The summed E-state index contributed by atoms with van der Waals surface area (Å²) in [5.74, 6) is 0.520. The molecule has 0 aliphatic heterocycles. The lowest BCUT2D eigenvalue weighted by Gasteiger charge is -2.26. The van der Waals surface area contributed by atoms with Gasteiger partial charge in [-0.25, -0.2) is 0 Å². The molecule has 74 valence electrons. The van der Waals surface area contributed by atoms with Crippen molar-refractivity contribution in [2.45, 2.75) is 52.7 Å². The molecule has 0 radical (unpaired) electrons. The number of ether oxygens (including phenoxy) is 1. The van der Waals surface area contributed by atoms with Crippen molar-refractivity contribution < 1.29 is 4.74 Å². The molecule has 2 unspecified atom stereocenters. The van der Waals surface area contributed by atoms with E-state index in [1.165, 1.54) is 0 Å². The van der Waals surface area contributed by atoms with E-state index in [9.17, 15) is 0 Å². The van der Waals surface area contributed by atoms with E-state index in [0.29, 0.717) is 5.92 Å². The number of rotatable bonds is 6. The first kappa shape index (κ1) is 11.9. The van der Waals surface area contributed by atoms with Crippen LogP contribution < -0.4 is 5.73 Å². The minimum Gasteiger partial charge on any atom is -0.377 e. The van der Waals surface area contributed by atoms with Crippen molar-refractivity contribution in [3.8, 4) is 0 Å². The standard InChI is InChI=1S/C10H23NO/c1-5-7-9(11)10(8(3)4)12-6-2/h8-10H,5-7,11H2,1-4H3. The third-order valence-corrected chi connectivity index (χ3v) is 2.06. The molecule has 0 aromatic carbocycles. The zero-order valence-corrected chi connectivity index (χ0v) is 8.84. The van der Waals surface area contributed by atoms with E-state index in [4.69, 9.17) is 10.5 Å². The molecule has 0 aliphatic rings. The van der Waals surface area contributed by atoms with Crippen LogP contribution in [0.1, 0.15) is 40.5 Å². The Morgan fingerprint density at radius 3 is 2.17 bits per heavy atom. The van der Waals surface area contributed by atoms with Crippen molar-refractivity contribution in [1.82, 2.24) is 0 Å². The monoisotopic (exact) mass is 173 g/mol. The molecule has 2 atom stereocenters. The molecule has 0 saturated carbocycles. The third-order valence-electron chi connectivity index (χ3n) is 2.06. The topological polar surface area (TPSA) is 35.2 Å². The molecule has 0 bridgehead atoms. The molecule has 0 saturated heterocycles. The molecule has 0 aromatic rings. The van der Waals surface area contributed by atoms with E-state index in [-0.39, 0.29) is 12.1 Å². The lowest BCUT2D eigenvalue weighted by atomic mass is 9.97. The van der Waals surface area contributed by atoms with Gasteiger partial charge in [0.25, 0.3) is 0 Å². The van der Waals surface area contributed by atoms with E-state index >= 15 is 0 Å². The number of hydrogen-bond donors (Lipinski definition) is 1. The smallest absolute Gasteiger partial charge is 0.0748 e. The van der Waals surface area contributed by atoms with Crippen molar-refractivity contribution in [2.24, 2.45) is 11.7 Å². The van der Waals surface area contributed by atoms with Gasteiger partial charge in [-0.15, -0.1) is 0 Å². The Morgan fingerprint density at radius 1 is 1.25 bits per heavy atom. The van der Waals surface area contributed by atoms with Crippen LogP contribution in [0.15, 0.2) is 0 Å². The molecule has 0 amide bonds. The molecule has 2 heteroatoms. The van der Waals surface area contributed by atoms with Gasteiger partial charge in [0.2, 0.25) is 0 Å². The predicted octanol–water partition coefficient (Wildman–Crippen LogP) is 2.17. The first-order valence-corrected chi connectivity index (χ1v) is 5.00. The average Bonchev–Trinajstić information content (AvgIpc) is 1.99. The lowest BCUT2D eigenvalue weighted by molar-refractivity contribution is 0.0107. The highest BCUT2D eigenvalue weighted by molar-refractivity contribution is 4.75. The molecule has 2 nitrogen and oxygen atoms in total. The molecule has 2 N–H and O–H groups in total. The summed E-state index contributed by atoms with van der Waals surface area (Å²) >= 11 is 0. The van der Waals surface area contributed by atoms with Gasteiger partial charge in [-0.2, -0.15) is 0 Å². The second kappa shape index (κ2) is 6.44. The highest BCUT2D eigenvalue weighted by Gasteiger charge is 2.20. The summed E-state index contributed by atoms with van der Waals surface area (Å²) in [7, 11) is 0. The normalized spacial score (nSPS) is 16.5. The SMILES string of the molecule is CCCC(N)C(OCC)C(C)C. The minimum atomic E-state index is 0.204. The Kier molecular flexibility index (Phi) is 6.39. The Balaban J connectivity index is 3.90. The van der Waals surface area contributed by atoms with Crippen LogP contribution in [0.5, 0.6) is 0 Å². The maximum Gasteiger partial charge on any atom is 0.0748 e. The highest BCUT2D eigenvalue weighted by Crippen LogP contribution is 2.13. The molecular formula is C10H23NO. The summed E-state index contributed by atoms with van der Waals surface area (Å²) in [6.07, 6.45) is 2.43. The number of nitrogens with two attached hydrogens (primary N) is 1. The van der Waals surface area contributed by atoms with Crippen LogP contribution >= 0.6 is 0 Å². The summed E-state index contributed by atoms with van der Waals surface area (Å²) in [6.45, 7) is 9.27. The average molecular weight is 173 g/mol. The van der Waals surface area contributed by atoms with Gasteiger partial charge in [-0.3, -0.25) is 0 Å². The summed E-state index contributed by atoms with van der Waals surface area (Å²) in [5.41, 5.74) is 5.99. The summed E-state index contributed by atoms with van der Waals surface area (Å²) in [4.78, 5) is 0. The van der Waals surface area contributed by atoms with Gasteiger partial charge in [-0.1, -0.05) is 27.2 Å². The zero-order chi connectivity index (χ0) is 9.56. The van der Waals surface area contributed by atoms with Gasteiger partial charge in [0.05, 0.1) is 6.10 Å². The maximum absolute atomic E-state index is 5.99. The van der Waals surface area contributed by atoms with Crippen molar-refractivity contribution in [2.75, 3.05) is 6.61 Å². The highest BCUT2D eigenvalue weighted by atomic mass is 16.5. The van der Waals surface area contributed by atoms with Crippen LogP contribution in [0, 0.1) is 5.92 Å². The van der Waals surface area contributed by atoms with E-state index in [0.717, 1.165) is 19.4 Å². The third kappa shape index (κ3) is 4.07. The first-order valence-electron chi connectivity index (χ1n) is 5.00. The van der Waals surface area contributed by atoms with Crippen LogP contribution in [0.3, 0.4) is 0 Å². The van der Waals surface area contributed by atoms with Crippen molar-refractivity contribution in [3.05, 3.63) is 0 Å². The second-order valence-electron chi connectivity index (χ2n) is 3.62. The molecular weight excluding hydrogens is 150 g/mol. The fourth-order valence-electron chi connectivity index (χ4n) is 1.50. The van der Waals surface area contributed by atoms with Crippen molar-refractivity contribution in [3.63, 3.8) is 0 Å². The molecule has 0 aliphatic carbocycles. The molecule has 0 fully saturated rings. The molecule has 0 rings (SSSR count). The first-order chi connectivity index (χ1) is 5.63. The van der Waals surface area contributed by atoms with Crippen LogP contribution in [0.4, 0.5) is 0 Å². The maximum atomic E-state index is 5.99. The second-order valence-corrected chi connectivity index (χ2v) is 3.62. The van der Waals surface area contributed by atoms with Crippen molar-refractivity contribution >= 4 is 0 Å². The van der Waals surface area contributed by atoms with E-state index < -0.39 is 0 Å². The Labute approximate surface area is 76.5 Å². The van der Waals surface area contributed by atoms with Gasteiger partial charge in [0.15, 0.2) is 0 Å². The van der Waals surface area contributed by atoms with Crippen LogP contribution in [0.2, 0.25) is 0 Å². The summed E-state index contributed by atoms with van der Waals surface area (Å²) < 4.78 is 5.59. The molecule has 0 heterocycles. The van der Waals surface area contributed by atoms with E-state index in [1.54, 1.807) is 0 Å². The van der Waals surface area contributed by atoms with E-state index in [2.05, 4.69) is 20.8 Å². The predicted molar refractivity (Wildman–Crippen MR) is 53.1 cm³/mol. The largest absolute Gasteiger partial charge is 0.377 e. The minimum absolute atomic E-state index is 0.204.